The van der Waals surface area contributed by atoms with Gasteiger partial charge in [0.25, 0.3) is 17.5 Å². The fourth-order valence-electron chi connectivity index (χ4n) is 2.28. The smallest absolute Gasteiger partial charge is 0.407 e. The average molecular weight is 364 g/mol. The van der Waals surface area contributed by atoms with Gasteiger partial charge < -0.3 is 15.4 Å². The number of ether oxygens (including phenoxy) is 1. The Balaban J connectivity index is 1.91. The van der Waals surface area contributed by atoms with Gasteiger partial charge in [-0.2, -0.15) is 0 Å². The molecule has 0 spiro atoms. The quantitative estimate of drug-likeness (QED) is 0.301. The molecule has 0 fully saturated rings. The molecule has 0 atom stereocenters. The van der Waals surface area contributed by atoms with Crippen LogP contribution in [-0.2, 0) is 9.53 Å². The Morgan fingerprint density at radius 1 is 1.15 bits per heavy atom. The van der Waals surface area contributed by atoms with Crippen LogP contribution in [0.15, 0.2) is 18.2 Å². The third-order valence-corrected chi connectivity index (χ3v) is 3.46. The lowest BCUT2D eigenvalue weighted by atomic mass is 10.1. The number of nitro groups is 1. The molecule has 0 unspecified atom stereocenters. The number of rotatable bonds is 7. The van der Waals surface area contributed by atoms with Crippen molar-refractivity contribution in [2.24, 2.45) is 0 Å². The molecule has 0 aromatic heterocycles. The van der Waals surface area contributed by atoms with E-state index in [9.17, 15) is 29.3 Å². The van der Waals surface area contributed by atoms with Crippen LogP contribution in [0.3, 0.4) is 0 Å². The van der Waals surface area contributed by atoms with Crippen molar-refractivity contribution in [1.82, 2.24) is 15.5 Å². The second-order valence-electron chi connectivity index (χ2n) is 5.18. The van der Waals surface area contributed by atoms with Gasteiger partial charge in [-0.05, 0) is 13.0 Å². The third kappa shape index (κ3) is 4.12. The van der Waals surface area contributed by atoms with Gasteiger partial charge in [-0.1, -0.05) is 0 Å². The molecule has 0 saturated heterocycles. The van der Waals surface area contributed by atoms with E-state index in [2.05, 4.69) is 15.4 Å². The summed E-state index contributed by atoms with van der Waals surface area (Å²) < 4.78 is 4.64. The van der Waals surface area contributed by atoms with Crippen LogP contribution in [0.5, 0.6) is 0 Å². The van der Waals surface area contributed by atoms with E-state index in [1.165, 1.54) is 6.07 Å². The molecule has 138 valence electrons. The molecule has 2 N–H and O–H groups in total. The average Bonchev–Trinajstić information content (AvgIpc) is 2.83. The second kappa shape index (κ2) is 8.05. The number of non-ortho nitro benzene ring substituents is 1. The van der Waals surface area contributed by atoms with Gasteiger partial charge in [-0.15, -0.1) is 0 Å². The number of amides is 4. The van der Waals surface area contributed by atoms with Gasteiger partial charge in [0, 0.05) is 25.2 Å². The molecule has 1 aromatic carbocycles. The number of fused-ring (bicyclic) bond motifs is 1. The van der Waals surface area contributed by atoms with Crippen molar-refractivity contribution in [3.05, 3.63) is 39.4 Å². The van der Waals surface area contributed by atoms with Crippen LogP contribution in [0, 0.1) is 10.1 Å². The lowest BCUT2D eigenvalue weighted by molar-refractivity contribution is -0.384. The predicted octanol–water partition coefficient (Wildman–Crippen LogP) is 0.0531. The fourth-order valence-corrected chi connectivity index (χ4v) is 2.28. The monoisotopic (exact) mass is 364 g/mol. The molecule has 4 amide bonds. The maximum atomic E-state index is 12.2. The SMILES string of the molecule is CCOC(=O)NCCNC(=O)CN1C(=O)c2ccc([N+](=O)[O-])cc2C1=O. The number of nitrogens with zero attached hydrogens (tertiary/aromatic N) is 2. The zero-order valence-corrected chi connectivity index (χ0v) is 13.8. The van der Waals surface area contributed by atoms with Gasteiger partial charge in [-0.25, -0.2) is 4.79 Å². The van der Waals surface area contributed by atoms with Crippen LogP contribution in [0.1, 0.15) is 27.6 Å². The standard InChI is InChI=1S/C15H16N4O7/c1-2-26-15(23)17-6-5-16-12(20)8-18-13(21)10-4-3-9(19(24)25)7-11(10)14(18)22/h3-4,7H,2,5-6,8H2,1H3,(H,16,20)(H,17,23). The van der Waals surface area contributed by atoms with E-state index in [-0.39, 0.29) is 36.5 Å². The highest BCUT2D eigenvalue weighted by Gasteiger charge is 2.37. The second-order valence-corrected chi connectivity index (χ2v) is 5.18. The number of benzene rings is 1. The largest absolute Gasteiger partial charge is 0.450 e. The minimum atomic E-state index is -0.770. The van der Waals surface area contributed by atoms with Gasteiger partial charge in [0.15, 0.2) is 0 Å². The number of carbonyl (C=O) groups excluding carboxylic acids is 4. The van der Waals surface area contributed by atoms with Crippen LogP contribution in [0.4, 0.5) is 10.5 Å². The Kier molecular flexibility index (Phi) is 5.83. The van der Waals surface area contributed by atoms with Crippen molar-refractivity contribution in [3.8, 4) is 0 Å². The molecule has 0 saturated carbocycles. The summed E-state index contributed by atoms with van der Waals surface area (Å²) in [6.07, 6.45) is -0.622. The van der Waals surface area contributed by atoms with Crippen molar-refractivity contribution in [2.45, 2.75) is 6.92 Å². The number of nitrogens with one attached hydrogen (secondary N) is 2. The predicted molar refractivity (Wildman–Crippen MR) is 86.5 cm³/mol. The van der Waals surface area contributed by atoms with Crippen LogP contribution in [0.2, 0.25) is 0 Å². The van der Waals surface area contributed by atoms with Crippen molar-refractivity contribution in [3.63, 3.8) is 0 Å². The van der Waals surface area contributed by atoms with Crippen LogP contribution in [-0.4, -0.2) is 59.9 Å². The van der Waals surface area contributed by atoms with Crippen molar-refractivity contribution >= 4 is 29.5 Å². The maximum Gasteiger partial charge on any atom is 0.407 e. The first-order valence-electron chi connectivity index (χ1n) is 7.67. The van der Waals surface area contributed by atoms with E-state index in [0.717, 1.165) is 12.1 Å². The molecule has 1 aliphatic rings. The Hall–Kier alpha value is -3.50. The summed E-state index contributed by atoms with van der Waals surface area (Å²) in [5, 5.41) is 15.6. The zero-order valence-electron chi connectivity index (χ0n) is 13.8. The maximum absolute atomic E-state index is 12.2. The third-order valence-electron chi connectivity index (χ3n) is 3.46. The number of carbonyl (C=O) groups is 4. The van der Waals surface area contributed by atoms with Crippen molar-refractivity contribution in [2.75, 3.05) is 26.2 Å². The van der Waals surface area contributed by atoms with E-state index in [4.69, 9.17) is 0 Å². The first-order valence-corrected chi connectivity index (χ1v) is 7.67. The van der Waals surface area contributed by atoms with Gasteiger partial charge in [0.2, 0.25) is 5.91 Å². The first-order chi connectivity index (χ1) is 12.3. The summed E-state index contributed by atoms with van der Waals surface area (Å²) in [4.78, 5) is 58.2. The molecule has 0 aliphatic carbocycles. The first kappa shape index (κ1) is 18.8. The Morgan fingerprint density at radius 2 is 1.81 bits per heavy atom. The number of imide groups is 1. The zero-order chi connectivity index (χ0) is 19.3. The molecule has 0 radical (unpaired) electrons. The molecule has 26 heavy (non-hydrogen) atoms. The Bertz CT molecular complexity index is 777. The van der Waals surface area contributed by atoms with Gasteiger partial charge in [-0.3, -0.25) is 29.4 Å². The normalized spacial score (nSPS) is 12.6. The van der Waals surface area contributed by atoms with E-state index < -0.39 is 35.3 Å². The molecular weight excluding hydrogens is 348 g/mol. The van der Waals surface area contributed by atoms with Gasteiger partial charge in [0.1, 0.15) is 6.54 Å². The topological polar surface area (TPSA) is 148 Å². The highest BCUT2D eigenvalue weighted by Crippen LogP contribution is 2.26. The summed E-state index contributed by atoms with van der Waals surface area (Å²) in [5.74, 6) is -2.08. The number of nitro benzene ring substituents is 1. The highest BCUT2D eigenvalue weighted by atomic mass is 16.6. The number of hydrogen-bond acceptors (Lipinski definition) is 7. The molecule has 1 heterocycles. The van der Waals surface area contributed by atoms with Crippen molar-refractivity contribution < 1.29 is 28.8 Å². The Morgan fingerprint density at radius 3 is 2.46 bits per heavy atom. The van der Waals surface area contributed by atoms with Crippen molar-refractivity contribution in [1.29, 1.82) is 0 Å². The lowest BCUT2D eigenvalue weighted by Gasteiger charge is -2.13. The molecule has 2 rings (SSSR count). The Labute approximate surface area is 147 Å². The van der Waals surface area contributed by atoms with E-state index in [1.54, 1.807) is 6.92 Å². The minimum absolute atomic E-state index is 0.0115. The summed E-state index contributed by atoms with van der Waals surface area (Å²) in [6, 6.07) is 3.32. The summed E-state index contributed by atoms with van der Waals surface area (Å²) >= 11 is 0. The summed E-state index contributed by atoms with van der Waals surface area (Å²) in [6.45, 7) is 1.53. The van der Waals surface area contributed by atoms with Crippen LogP contribution in [0.25, 0.3) is 0 Å². The number of hydrogen-bond donors (Lipinski definition) is 2. The molecule has 11 heteroatoms. The van der Waals surface area contributed by atoms with Gasteiger partial charge >= 0.3 is 6.09 Å². The van der Waals surface area contributed by atoms with E-state index >= 15 is 0 Å². The molecule has 1 aliphatic heterocycles. The van der Waals surface area contributed by atoms with E-state index in [0.29, 0.717) is 4.90 Å². The molecule has 0 bridgehead atoms. The minimum Gasteiger partial charge on any atom is -0.450 e. The molecule has 1 aromatic rings. The van der Waals surface area contributed by atoms with Gasteiger partial charge in [0.05, 0.1) is 22.7 Å². The lowest BCUT2D eigenvalue weighted by Crippen LogP contribution is -2.42. The highest BCUT2D eigenvalue weighted by molar-refractivity contribution is 6.22. The molecular formula is C15H16N4O7. The van der Waals surface area contributed by atoms with Crippen LogP contribution < -0.4 is 10.6 Å². The van der Waals surface area contributed by atoms with E-state index in [1.807, 2.05) is 0 Å². The number of alkyl carbamates (subject to hydrolysis) is 1. The molecule has 11 nitrogen and oxygen atoms in total. The van der Waals surface area contributed by atoms with Crippen LogP contribution >= 0.6 is 0 Å². The summed E-state index contributed by atoms with van der Waals surface area (Å²) in [7, 11) is 0. The fraction of sp³-hybridized carbons (Fsp3) is 0.333. The summed E-state index contributed by atoms with van der Waals surface area (Å²) in [5.41, 5.74) is -0.417.